The molecule has 1 aromatic rings. The number of carbonyl (C=O) groups is 2. The predicted molar refractivity (Wildman–Crippen MR) is 83.4 cm³/mol. The molecule has 0 amide bonds. The molecule has 2 saturated carbocycles. The summed E-state index contributed by atoms with van der Waals surface area (Å²) in [6, 6.07) is 1.94. The Morgan fingerprint density at radius 3 is 2.40 bits per heavy atom. The minimum Gasteiger partial charge on any atom is -0.294 e. The number of hydrogen-bond donors (Lipinski definition) is 0. The third-order valence-electron chi connectivity index (χ3n) is 6.20. The molecule has 0 spiro atoms. The van der Waals surface area contributed by atoms with Crippen LogP contribution in [0.5, 0.6) is 0 Å². The second-order valence-electron chi connectivity index (χ2n) is 7.63. The molecule has 1 aromatic carbocycles. The number of Topliss-reactive ketones (excluding diaryl/α,β-unsaturated/α-hetero) is 1. The van der Waals surface area contributed by atoms with Gasteiger partial charge >= 0.3 is 6.18 Å². The highest BCUT2D eigenvalue weighted by atomic mass is 19.4. The monoisotopic (exact) mass is 354 g/mol. The van der Waals surface area contributed by atoms with E-state index in [-0.39, 0.29) is 17.1 Å². The average Bonchev–Trinajstić information content (AvgIpc) is 2.80. The molecular formula is C19H18F4O2. The normalized spacial score (nSPS) is 29.5. The summed E-state index contributed by atoms with van der Waals surface area (Å²) in [5.74, 6) is -2.30. The van der Waals surface area contributed by atoms with E-state index in [2.05, 4.69) is 0 Å². The lowest BCUT2D eigenvalue weighted by molar-refractivity contribution is -0.138. The van der Waals surface area contributed by atoms with Gasteiger partial charge in [0, 0.05) is 16.6 Å². The Morgan fingerprint density at radius 2 is 1.88 bits per heavy atom. The number of allylic oxidation sites excluding steroid dienone is 2. The average molecular weight is 354 g/mol. The summed E-state index contributed by atoms with van der Waals surface area (Å²) >= 11 is 0. The third kappa shape index (κ3) is 2.45. The van der Waals surface area contributed by atoms with Crippen molar-refractivity contribution < 1.29 is 27.2 Å². The molecule has 2 aliphatic carbocycles. The first-order valence-electron chi connectivity index (χ1n) is 8.07. The van der Waals surface area contributed by atoms with Gasteiger partial charge in [-0.25, -0.2) is 4.39 Å². The molecular weight excluding hydrogens is 336 g/mol. The van der Waals surface area contributed by atoms with Gasteiger partial charge in [-0.2, -0.15) is 13.2 Å². The van der Waals surface area contributed by atoms with Crippen LogP contribution < -0.4 is 0 Å². The van der Waals surface area contributed by atoms with Crippen molar-refractivity contribution in [1.82, 2.24) is 0 Å². The summed E-state index contributed by atoms with van der Waals surface area (Å²) in [7, 11) is 0. The Kier molecular flexibility index (Phi) is 3.75. The molecule has 0 unspecified atom stereocenters. The van der Waals surface area contributed by atoms with Crippen LogP contribution in [0.25, 0.3) is 0 Å². The fourth-order valence-electron chi connectivity index (χ4n) is 4.28. The maximum absolute atomic E-state index is 13.2. The maximum atomic E-state index is 13.2. The Morgan fingerprint density at radius 1 is 1.24 bits per heavy atom. The van der Waals surface area contributed by atoms with Crippen LogP contribution >= 0.6 is 0 Å². The van der Waals surface area contributed by atoms with Crippen LogP contribution in [0.1, 0.15) is 49.5 Å². The molecule has 3 rings (SSSR count). The van der Waals surface area contributed by atoms with Crippen molar-refractivity contribution >= 4 is 11.6 Å². The summed E-state index contributed by atoms with van der Waals surface area (Å²) in [4.78, 5) is 25.2. The molecule has 2 atom stereocenters. The zero-order valence-corrected chi connectivity index (χ0v) is 14.1. The SMILES string of the molecule is CC1(C)[C@H]2CC[C@]1(C)C(=O)C2=CC(=O)c1ccc(F)cc1C(F)(F)F. The molecule has 0 N–H and O–H groups in total. The van der Waals surface area contributed by atoms with E-state index in [1.165, 1.54) is 0 Å². The topological polar surface area (TPSA) is 34.1 Å². The van der Waals surface area contributed by atoms with Crippen molar-refractivity contribution in [3.63, 3.8) is 0 Å². The largest absolute Gasteiger partial charge is 0.417 e. The summed E-state index contributed by atoms with van der Waals surface area (Å²) in [5.41, 5.74) is -2.61. The number of hydrogen-bond acceptors (Lipinski definition) is 2. The lowest BCUT2D eigenvalue weighted by Gasteiger charge is -2.31. The zero-order chi connectivity index (χ0) is 18.8. The smallest absolute Gasteiger partial charge is 0.294 e. The highest BCUT2D eigenvalue weighted by Crippen LogP contribution is 2.65. The number of alkyl halides is 3. The van der Waals surface area contributed by atoms with Crippen molar-refractivity contribution in [3.05, 3.63) is 46.8 Å². The van der Waals surface area contributed by atoms with Crippen LogP contribution in [-0.2, 0) is 11.0 Å². The number of benzene rings is 1. The van der Waals surface area contributed by atoms with E-state index < -0.39 is 34.3 Å². The Bertz CT molecular complexity index is 804. The molecule has 0 saturated heterocycles. The highest BCUT2D eigenvalue weighted by Gasteiger charge is 2.64. The Hall–Kier alpha value is -1.98. The van der Waals surface area contributed by atoms with Gasteiger partial charge in [0.05, 0.1) is 5.56 Å². The minimum absolute atomic E-state index is 0.149. The van der Waals surface area contributed by atoms with E-state index in [4.69, 9.17) is 0 Å². The van der Waals surface area contributed by atoms with Gasteiger partial charge in [0.1, 0.15) is 5.82 Å². The molecule has 2 aliphatic rings. The Balaban J connectivity index is 2.05. The van der Waals surface area contributed by atoms with Crippen LogP contribution in [0.4, 0.5) is 17.6 Å². The van der Waals surface area contributed by atoms with E-state index in [9.17, 15) is 27.2 Å². The van der Waals surface area contributed by atoms with E-state index in [1.807, 2.05) is 20.8 Å². The van der Waals surface area contributed by atoms with Crippen LogP contribution in [0, 0.1) is 22.6 Å². The summed E-state index contributed by atoms with van der Waals surface area (Å²) in [5, 5.41) is 0. The molecule has 0 heterocycles. The van der Waals surface area contributed by atoms with Gasteiger partial charge in [-0.1, -0.05) is 20.8 Å². The van der Waals surface area contributed by atoms with Gasteiger partial charge in [-0.15, -0.1) is 0 Å². The van der Waals surface area contributed by atoms with Gasteiger partial charge in [0.2, 0.25) is 0 Å². The van der Waals surface area contributed by atoms with Gasteiger partial charge < -0.3 is 0 Å². The second kappa shape index (κ2) is 5.26. The van der Waals surface area contributed by atoms with Crippen molar-refractivity contribution in [2.75, 3.05) is 0 Å². The van der Waals surface area contributed by atoms with Gasteiger partial charge in [-0.3, -0.25) is 9.59 Å². The quantitative estimate of drug-likeness (QED) is 0.426. The molecule has 0 radical (unpaired) electrons. The molecule has 2 bridgehead atoms. The molecule has 2 fully saturated rings. The molecule has 0 aliphatic heterocycles. The summed E-state index contributed by atoms with van der Waals surface area (Å²) < 4.78 is 52.5. The number of carbonyl (C=O) groups excluding carboxylic acids is 2. The molecule has 25 heavy (non-hydrogen) atoms. The van der Waals surface area contributed by atoms with Crippen molar-refractivity contribution in [1.29, 1.82) is 0 Å². The van der Waals surface area contributed by atoms with E-state index in [0.717, 1.165) is 24.6 Å². The van der Waals surface area contributed by atoms with E-state index in [1.54, 1.807) is 0 Å². The van der Waals surface area contributed by atoms with E-state index in [0.29, 0.717) is 18.1 Å². The standard InChI is InChI=1S/C19H18F4O2/c1-17(2)13-6-7-18(17,3)16(25)12(13)9-15(24)11-5-4-10(20)8-14(11)19(21,22)23/h4-5,8-9,13H,6-7H2,1-3H3/t13-,18+/m0/s1. The number of halogens is 4. The Labute approximate surface area is 142 Å². The first kappa shape index (κ1) is 17.8. The number of rotatable bonds is 2. The van der Waals surface area contributed by atoms with Crippen molar-refractivity contribution in [2.24, 2.45) is 16.7 Å². The lowest BCUT2D eigenvalue weighted by Crippen LogP contribution is -2.32. The highest BCUT2D eigenvalue weighted by molar-refractivity contribution is 6.13. The molecule has 6 heteroatoms. The number of ketones is 2. The molecule has 2 nitrogen and oxygen atoms in total. The molecule has 134 valence electrons. The molecule has 0 aromatic heterocycles. The summed E-state index contributed by atoms with van der Waals surface area (Å²) in [6.45, 7) is 5.75. The minimum atomic E-state index is -4.85. The first-order valence-corrected chi connectivity index (χ1v) is 8.07. The third-order valence-corrected chi connectivity index (χ3v) is 6.20. The van der Waals surface area contributed by atoms with Gasteiger partial charge in [-0.05, 0) is 48.4 Å². The van der Waals surface area contributed by atoms with Crippen molar-refractivity contribution in [2.45, 2.75) is 39.8 Å². The van der Waals surface area contributed by atoms with Crippen LogP contribution in [0.2, 0.25) is 0 Å². The number of fused-ring (bicyclic) bond motifs is 2. The zero-order valence-electron chi connectivity index (χ0n) is 14.1. The summed E-state index contributed by atoms with van der Waals surface area (Å²) in [6.07, 6.45) is -2.39. The fraction of sp³-hybridized carbons (Fsp3) is 0.474. The van der Waals surface area contributed by atoms with Crippen LogP contribution in [0.15, 0.2) is 29.8 Å². The maximum Gasteiger partial charge on any atom is 0.417 e. The van der Waals surface area contributed by atoms with Gasteiger partial charge in [0.15, 0.2) is 11.6 Å². The van der Waals surface area contributed by atoms with Gasteiger partial charge in [0.25, 0.3) is 0 Å². The predicted octanol–water partition coefficient (Wildman–Crippen LogP) is 4.98. The first-order chi connectivity index (χ1) is 11.4. The van der Waals surface area contributed by atoms with Crippen LogP contribution in [-0.4, -0.2) is 11.6 Å². The van der Waals surface area contributed by atoms with E-state index >= 15 is 0 Å². The van der Waals surface area contributed by atoms with Crippen LogP contribution in [0.3, 0.4) is 0 Å². The fourth-order valence-corrected chi connectivity index (χ4v) is 4.28. The lowest BCUT2D eigenvalue weighted by atomic mass is 9.70. The second-order valence-corrected chi connectivity index (χ2v) is 7.63. The van der Waals surface area contributed by atoms with Crippen molar-refractivity contribution in [3.8, 4) is 0 Å².